The van der Waals surface area contributed by atoms with Crippen molar-refractivity contribution in [3.8, 4) is 23.3 Å². The van der Waals surface area contributed by atoms with Crippen molar-refractivity contribution < 1.29 is 24.5 Å². The van der Waals surface area contributed by atoms with Gasteiger partial charge in [0.1, 0.15) is 12.2 Å². The maximum absolute atomic E-state index is 12.1. The standard InChI is InChI=1S/C34H52N4O5/c1-3-34(23-37-33(35)38-27-9-5-4-6-10-27)16-7-8-26(31(42-24(2)39)22-28(40)13-17-34)20-25-11-12-30(41)32(21-25)43-29-14-18-36-19-15-29/h11-12,21,26-29,31,36,40-41H,3-6,8-10,13-15,17-20,22-23H2,1-2H3,(H3,35,37,38)/t26-,28+,31+,34-/m1/s1. The van der Waals surface area contributed by atoms with Crippen LogP contribution in [-0.2, 0) is 16.0 Å². The van der Waals surface area contributed by atoms with Crippen molar-refractivity contribution in [2.45, 2.75) is 122 Å². The Bertz CT molecular complexity index is 1140. The molecule has 1 aromatic carbocycles. The number of aliphatic imine (C=N–C) groups is 1. The average molecular weight is 597 g/mol. The van der Waals surface area contributed by atoms with Crippen molar-refractivity contribution in [1.82, 2.24) is 10.6 Å². The number of aliphatic hydroxyl groups excluding tert-OH is 1. The Morgan fingerprint density at radius 3 is 2.67 bits per heavy atom. The van der Waals surface area contributed by atoms with Gasteiger partial charge in [-0.25, -0.2) is 0 Å². The molecule has 6 N–H and O–H groups in total. The lowest BCUT2D eigenvalue weighted by Gasteiger charge is -2.32. The summed E-state index contributed by atoms with van der Waals surface area (Å²) in [6.07, 6.45) is 10.1. The molecule has 9 nitrogen and oxygen atoms in total. The van der Waals surface area contributed by atoms with E-state index in [9.17, 15) is 15.0 Å². The molecule has 0 unspecified atom stereocenters. The number of hydrogen-bond acceptors (Lipinski definition) is 7. The first-order valence-corrected chi connectivity index (χ1v) is 16.4. The van der Waals surface area contributed by atoms with E-state index in [-0.39, 0.29) is 23.7 Å². The van der Waals surface area contributed by atoms with E-state index in [4.69, 9.17) is 20.2 Å². The number of rotatable bonds is 9. The maximum atomic E-state index is 12.1. The van der Waals surface area contributed by atoms with Gasteiger partial charge in [0.05, 0.1) is 18.1 Å². The summed E-state index contributed by atoms with van der Waals surface area (Å²) >= 11 is 0. The van der Waals surface area contributed by atoms with Crippen LogP contribution in [0.2, 0.25) is 0 Å². The molecular formula is C34H52N4O5. The molecule has 2 aliphatic carbocycles. The van der Waals surface area contributed by atoms with Crippen LogP contribution in [0.5, 0.6) is 11.5 Å². The van der Waals surface area contributed by atoms with E-state index in [2.05, 4.69) is 29.4 Å². The molecule has 3 aliphatic rings. The first kappa shape index (κ1) is 32.9. The van der Waals surface area contributed by atoms with E-state index >= 15 is 0 Å². The van der Waals surface area contributed by atoms with Gasteiger partial charge in [0.25, 0.3) is 0 Å². The fourth-order valence-corrected chi connectivity index (χ4v) is 6.56. The third-order valence-corrected chi connectivity index (χ3v) is 9.31. The molecule has 0 amide bonds. The first-order valence-electron chi connectivity index (χ1n) is 16.4. The van der Waals surface area contributed by atoms with E-state index in [0.717, 1.165) is 50.8 Å². The van der Waals surface area contributed by atoms with Gasteiger partial charge in [-0.15, -0.1) is 5.92 Å². The normalized spacial score (nSPS) is 27.9. The number of ether oxygens (including phenoxy) is 2. The van der Waals surface area contributed by atoms with Crippen LogP contribution in [0.1, 0.15) is 96.5 Å². The van der Waals surface area contributed by atoms with Gasteiger partial charge in [0.15, 0.2) is 17.5 Å². The highest BCUT2D eigenvalue weighted by Gasteiger charge is 2.32. The molecule has 9 heteroatoms. The highest BCUT2D eigenvalue weighted by atomic mass is 16.5. The number of aliphatic hydroxyl groups is 1. The van der Waals surface area contributed by atoms with Crippen LogP contribution in [0.15, 0.2) is 23.2 Å². The highest BCUT2D eigenvalue weighted by molar-refractivity contribution is 5.78. The summed E-state index contributed by atoms with van der Waals surface area (Å²) in [7, 11) is 0. The van der Waals surface area contributed by atoms with Gasteiger partial charge >= 0.3 is 5.97 Å². The topological polar surface area (TPSA) is 138 Å². The van der Waals surface area contributed by atoms with Gasteiger partial charge < -0.3 is 36.1 Å². The third-order valence-electron chi connectivity index (χ3n) is 9.31. The second-order valence-corrected chi connectivity index (χ2v) is 12.7. The van der Waals surface area contributed by atoms with Gasteiger partial charge in [-0.1, -0.05) is 38.2 Å². The molecule has 0 spiro atoms. The number of benzene rings is 1. The number of aromatic hydroxyl groups is 1. The van der Waals surface area contributed by atoms with Gasteiger partial charge in [0.2, 0.25) is 0 Å². The van der Waals surface area contributed by atoms with E-state index < -0.39 is 17.6 Å². The molecule has 1 saturated heterocycles. The lowest BCUT2D eigenvalue weighted by molar-refractivity contribution is -0.151. The van der Waals surface area contributed by atoms with Crippen LogP contribution in [0, 0.1) is 23.2 Å². The number of phenols is 1. The van der Waals surface area contributed by atoms with Gasteiger partial charge in [0, 0.05) is 31.7 Å². The number of carbonyl (C=O) groups excluding carboxylic acids is 1. The Morgan fingerprint density at radius 1 is 1.19 bits per heavy atom. The van der Waals surface area contributed by atoms with Crippen LogP contribution in [0.3, 0.4) is 0 Å². The predicted molar refractivity (Wildman–Crippen MR) is 169 cm³/mol. The van der Waals surface area contributed by atoms with Crippen molar-refractivity contribution >= 4 is 11.9 Å². The predicted octanol–water partition coefficient (Wildman–Crippen LogP) is 4.19. The van der Waals surface area contributed by atoms with Crippen LogP contribution < -0.4 is 21.1 Å². The molecule has 0 aromatic heterocycles. The lowest BCUT2D eigenvalue weighted by Crippen LogP contribution is -2.41. The number of piperidine rings is 1. The highest BCUT2D eigenvalue weighted by Crippen LogP contribution is 2.34. The fourth-order valence-electron chi connectivity index (χ4n) is 6.56. The maximum Gasteiger partial charge on any atom is 0.302 e. The number of hydrogen-bond donors (Lipinski definition) is 5. The largest absolute Gasteiger partial charge is 0.504 e. The molecule has 1 aliphatic heterocycles. The second-order valence-electron chi connectivity index (χ2n) is 12.7. The summed E-state index contributed by atoms with van der Waals surface area (Å²) in [4.78, 5) is 16.8. The first-order chi connectivity index (χ1) is 20.7. The summed E-state index contributed by atoms with van der Waals surface area (Å²) in [5.41, 5.74) is 6.87. The molecular weight excluding hydrogens is 544 g/mol. The minimum atomic E-state index is -0.641. The van der Waals surface area contributed by atoms with E-state index in [1.807, 2.05) is 12.1 Å². The summed E-state index contributed by atoms with van der Waals surface area (Å²) in [5, 5.41) is 28.3. The third kappa shape index (κ3) is 10.3. The average Bonchev–Trinajstić information content (AvgIpc) is 3.00. The second kappa shape index (κ2) is 16.2. The quantitative estimate of drug-likeness (QED) is 0.124. The number of nitrogens with two attached hydrogens (primary N) is 1. The Hall–Kier alpha value is -2.96. The number of carbonyl (C=O) groups is 1. The molecule has 1 aromatic rings. The molecule has 2 fully saturated rings. The lowest BCUT2D eigenvalue weighted by atomic mass is 9.78. The summed E-state index contributed by atoms with van der Waals surface area (Å²) in [5.74, 6) is 7.53. The molecule has 0 bridgehead atoms. The van der Waals surface area contributed by atoms with E-state index in [1.165, 1.54) is 26.2 Å². The monoisotopic (exact) mass is 596 g/mol. The number of guanidine groups is 1. The fraction of sp³-hybridized carbons (Fsp3) is 0.706. The van der Waals surface area contributed by atoms with Gasteiger partial charge in [-0.2, -0.15) is 0 Å². The van der Waals surface area contributed by atoms with Gasteiger partial charge in [-0.05, 0) is 82.2 Å². The zero-order valence-corrected chi connectivity index (χ0v) is 26.1. The van der Waals surface area contributed by atoms with Crippen LogP contribution >= 0.6 is 0 Å². The molecule has 238 valence electrons. The smallest absolute Gasteiger partial charge is 0.302 e. The minimum absolute atomic E-state index is 0.0580. The summed E-state index contributed by atoms with van der Waals surface area (Å²) < 4.78 is 12.0. The van der Waals surface area contributed by atoms with Crippen LogP contribution in [0.4, 0.5) is 0 Å². The number of nitrogens with zero attached hydrogens (tertiary/aromatic N) is 1. The molecule has 0 radical (unpaired) electrons. The molecule has 43 heavy (non-hydrogen) atoms. The SMILES string of the molecule is CC[C@@]1(CN=C(N)NC2CCCCC2)C#CC[C@H](Cc2ccc(O)c(OC3CCNCC3)c2)[C@@H](OC(C)=O)C[C@@H](O)CC1. The Labute approximate surface area is 257 Å². The Balaban J connectivity index is 1.52. The van der Waals surface area contributed by atoms with Crippen LogP contribution in [0.25, 0.3) is 0 Å². The zero-order chi connectivity index (χ0) is 30.7. The zero-order valence-electron chi connectivity index (χ0n) is 26.1. The Morgan fingerprint density at radius 2 is 1.95 bits per heavy atom. The molecule has 1 saturated carbocycles. The summed E-state index contributed by atoms with van der Waals surface area (Å²) in [6.45, 7) is 5.79. The van der Waals surface area contributed by atoms with Gasteiger partial charge in [-0.3, -0.25) is 9.79 Å². The van der Waals surface area contributed by atoms with E-state index in [1.54, 1.807) is 6.07 Å². The van der Waals surface area contributed by atoms with Crippen molar-refractivity contribution in [2.24, 2.45) is 22.1 Å². The number of phenolic OH excluding ortho intramolecular Hbond substituents is 1. The van der Waals surface area contributed by atoms with E-state index in [0.29, 0.717) is 56.4 Å². The molecule has 4 rings (SSSR count). The molecule has 1 heterocycles. The van der Waals surface area contributed by atoms with Crippen molar-refractivity contribution in [3.05, 3.63) is 23.8 Å². The molecule has 4 atom stereocenters. The van der Waals surface area contributed by atoms with Crippen molar-refractivity contribution in [2.75, 3.05) is 19.6 Å². The summed E-state index contributed by atoms with van der Waals surface area (Å²) in [6, 6.07) is 5.82. The number of nitrogens with one attached hydrogen (secondary N) is 2. The minimum Gasteiger partial charge on any atom is -0.504 e. The van der Waals surface area contributed by atoms with Crippen molar-refractivity contribution in [3.63, 3.8) is 0 Å². The van der Waals surface area contributed by atoms with Crippen LogP contribution in [-0.4, -0.2) is 66.1 Å². The number of esters is 1. The van der Waals surface area contributed by atoms with Crippen molar-refractivity contribution in [1.29, 1.82) is 0 Å². The Kier molecular flexibility index (Phi) is 12.4.